The quantitative estimate of drug-likeness (QED) is 0.848. The Morgan fingerprint density at radius 3 is 2.78 bits per heavy atom. The number of nitrogens with zero attached hydrogens (tertiary/aromatic N) is 2. The average Bonchev–Trinajstić information content (AvgIpc) is 2.99. The van der Waals surface area contributed by atoms with Gasteiger partial charge in [0.15, 0.2) is 0 Å². The molecule has 1 aliphatic rings. The maximum Gasteiger partial charge on any atom is 0.410 e. The molecule has 2 heterocycles. The van der Waals surface area contributed by atoms with Gasteiger partial charge in [-0.15, -0.1) is 0 Å². The van der Waals surface area contributed by atoms with Gasteiger partial charge in [0.2, 0.25) is 0 Å². The van der Waals surface area contributed by atoms with Crippen LogP contribution in [-0.4, -0.2) is 54.1 Å². The number of ether oxygens (including phenoxy) is 1. The van der Waals surface area contributed by atoms with Gasteiger partial charge in [0, 0.05) is 32.1 Å². The third kappa shape index (κ3) is 5.23. The largest absolute Gasteiger partial charge is 0.444 e. The summed E-state index contributed by atoms with van der Waals surface area (Å²) in [6.07, 6.45) is 1.72. The van der Waals surface area contributed by atoms with Crippen LogP contribution in [0.2, 0.25) is 0 Å². The van der Waals surface area contributed by atoms with Crippen molar-refractivity contribution in [3.8, 4) is 0 Å². The lowest BCUT2D eigenvalue weighted by atomic mass is 9.97. The maximum atomic E-state index is 12.3. The Bertz CT molecular complexity index is 537. The van der Waals surface area contributed by atoms with E-state index in [-0.39, 0.29) is 12.0 Å². The van der Waals surface area contributed by atoms with Gasteiger partial charge in [0.25, 0.3) is 5.91 Å². The SMILES string of the molecule is CN(C[C@@H]1CCCN(C(=O)OC(C)(C)C)C1)C(=O)c1ccsc1. The molecule has 5 nitrogen and oxygen atoms in total. The third-order valence-corrected chi connectivity index (χ3v) is 4.50. The van der Waals surface area contributed by atoms with Crippen LogP contribution in [0.25, 0.3) is 0 Å². The fourth-order valence-corrected chi connectivity index (χ4v) is 3.41. The number of carbonyl (C=O) groups is 2. The molecule has 2 amide bonds. The molecular formula is C17H26N2O3S. The third-order valence-electron chi connectivity index (χ3n) is 3.82. The minimum atomic E-state index is -0.476. The molecule has 1 atom stereocenters. The zero-order valence-corrected chi connectivity index (χ0v) is 15.2. The van der Waals surface area contributed by atoms with Gasteiger partial charge >= 0.3 is 6.09 Å². The Labute approximate surface area is 142 Å². The summed E-state index contributed by atoms with van der Waals surface area (Å²) in [5, 5.41) is 3.78. The van der Waals surface area contributed by atoms with Crippen molar-refractivity contribution in [1.82, 2.24) is 9.80 Å². The first-order valence-corrected chi connectivity index (χ1v) is 8.96. The molecule has 128 valence electrons. The lowest BCUT2D eigenvalue weighted by Gasteiger charge is -2.35. The van der Waals surface area contributed by atoms with Crippen LogP contribution in [0.1, 0.15) is 44.0 Å². The van der Waals surface area contributed by atoms with E-state index in [1.165, 1.54) is 11.3 Å². The van der Waals surface area contributed by atoms with Gasteiger partial charge in [-0.25, -0.2) is 4.79 Å². The molecule has 6 heteroatoms. The van der Waals surface area contributed by atoms with Crippen molar-refractivity contribution in [1.29, 1.82) is 0 Å². The van der Waals surface area contributed by atoms with Gasteiger partial charge in [-0.2, -0.15) is 11.3 Å². The summed E-state index contributed by atoms with van der Waals surface area (Å²) in [6.45, 7) is 7.66. The van der Waals surface area contributed by atoms with Crippen molar-refractivity contribution in [2.45, 2.75) is 39.2 Å². The molecule has 23 heavy (non-hydrogen) atoms. The van der Waals surface area contributed by atoms with Gasteiger partial charge in [-0.3, -0.25) is 4.79 Å². The Balaban J connectivity index is 1.88. The van der Waals surface area contributed by atoms with E-state index in [1.807, 2.05) is 44.6 Å². The highest BCUT2D eigenvalue weighted by Crippen LogP contribution is 2.21. The van der Waals surface area contributed by atoms with Crippen LogP contribution < -0.4 is 0 Å². The van der Waals surface area contributed by atoms with Crippen molar-refractivity contribution in [2.24, 2.45) is 5.92 Å². The Kier molecular flexibility index (Phi) is 5.68. The van der Waals surface area contributed by atoms with Gasteiger partial charge in [0.1, 0.15) is 5.60 Å². The fraction of sp³-hybridized carbons (Fsp3) is 0.647. The zero-order chi connectivity index (χ0) is 17.0. The summed E-state index contributed by atoms with van der Waals surface area (Å²) >= 11 is 1.52. The number of carbonyl (C=O) groups excluding carboxylic acids is 2. The fourth-order valence-electron chi connectivity index (χ4n) is 2.78. The van der Waals surface area contributed by atoms with Crippen molar-refractivity contribution in [3.05, 3.63) is 22.4 Å². The van der Waals surface area contributed by atoms with E-state index in [0.717, 1.165) is 24.9 Å². The number of hydrogen-bond acceptors (Lipinski definition) is 4. The van der Waals surface area contributed by atoms with E-state index in [2.05, 4.69) is 0 Å². The van der Waals surface area contributed by atoms with Crippen molar-refractivity contribution >= 4 is 23.3 Å². The zero-order valence-electron chi connectivity index (χ0n) is 14.4. The van der Waals surface area contributed by atoms with E-state index in [1.54, 1.807) is 9.80 Å². The predicted molar refractivity (Wildman–Crippen MR) is 91.8 cm³/mol. The van der Waals surface area contributed by atoms with Crippen LogP contribution in [0.4, 0.5) is 4.79 Å². The molecule has 2 rings (SSSR count). The van der Waals surface area contributed by atoms with Crippen LogP contribution >= 0.6 is 11.3 Å². The van der Waals surface area contributed by atoms with Gasteiger partial charge < -0.3 is 14.5 Å². The minimum absolute atomic E-state index is 0.0423. The number of amides is 2. The Morgan fingerprint density at radius 2 is 2.17 bits per heavy atom. The normalized spacial score (nSPS) is 18.6. The molecule has 1 aliphatic heterocycles. The van der Waals surface area contributed by atoms with Crippen molar-refractivity contribution in [2.75, 3.05) is 26.7 Å². The smallest absolute Gasteiger partial charge is 0.410 e. The Hall–Kier alpha value is -1.56. The topological polar surface area (TPSA) is 49.9 Å². The molecule has 1 fully saturated rings. The molecule has 0 spiro atoms. The van der Waals surface area contributed by atoms with Gasteiger partial charge in [-0.05, 0) is 51.0 Å². The van der Waals surface area contributed by atoms with Crippen LogP contribution in [0.5, 0.6) is 0 Å². The molecule has 0 N–H and O–H groups in total. The summed E-state index contributed by atoms with van der Waals surface area (Å²) in [5.74, 6) is 0.337. The molecule has 1 aromatic rings. The number of thiophene rings is 1. The first kappa shape index (κ1) is 17.8. The summed E-state index contributed by atoms with van der Waals surface area (Å²) in [6, 6.07) is 1.84. The number of likely N-dealkylation sites (tertiary alicyclic amines) is 1. The summed E-state index contributed by atoms with van der Waals surface area (Å²) in [5.41, 5.74) is 0.257. The Morgan fingerprint density at radius 1 is 1.43 bits per heavy atom. The molecule has 0 aromatic carbocycles. The first-order valence-electron chi connectivity index (χ1n) is 8.02. The van der Waals surface area contributed by atoms with E-state index in [9.17, 15) is 9.59 Å². The molecular weight excluding hydrogens is 312 g/mol. The number of piperidine rings is 1. The van der Waals surface area contributed by atoms with Gasteiger partial charge in [0.05, 0.1) is 5.56 Å². The molecule has 1 saturated heterocycles. The minimum Gasteiger partial charge on any atom is -0.444 e. The number of hydrogen-bond donors (Lipinski definition) is 0. The lowest BCUT2D eigenvalue weighted by Crippen LogP contribution is -2.45. The first-order chi connectivity index (χ1) is 10.8. The highest BCUT2D eigenvalue weighted by atomic mass is 32.1. The molecule has 0 saturated carbocycles. The van der Waals surface area contributed by atoms with E-state index >= 15 is 0 Å². The lowest BCUT2D eigenvalue weighted by molar-refractivity contribution is 0.0151. The van der Waals surface area contributed by atoms with Gasteiger partial charge in [-0.1, -0.05) is 0 Å². The molecule has 0 unspecified atom stereocenters. The standard InChI is InChI=1S/C17H26N2O3S/c1-17(2,3)22-16(21)19-8-5-6-13(11-19)10-18(4)15(20)14-7-9-23-12-14/h7,9,12-13H,5-6,8,10-11H2,1-4H3/t13-/m0/s1. The van der Waals surface area contributed by atoms with E-state index < -0.39 is 5.60 Å². The van der Waals surface area contributed by atoms with E-state index in [4.69, 9.17) is 4.74 Å². The van der Waals surface area contributed by atoms with Crippen LogP contribution in [0, 0.1) is 5.92 Å². The second kappa shape index (κ2) is 7.34. The van der Waals surface area contributed by atoms with Crippen molar-refractivity contribution < 1.29 is 14.3 Å². The van der Waals surface area contributed by atoms with Crippen LogP contribution in [-0.2, 0) is 4.74 Å². The molecule has 1 aromatic heterocycles. The highest BCUT2D eigenvalue weighted by molar-refractivity contribution is 7.08. The summed E-state index contributed by atoms with van der Waals surface area (Å²) < 4.78 is 5.44. The molecule has 0 radical (unpaired) electrons. The molecule has 0 bridgehead atoms. The number of rotatable bonds is 3. The van der Waals surface area contributed by atoms with Crippen LogP contribution in [0.15, 0.2) is 16.8 Å². The maximum absolute atomic E-state index is 12.3. The average molecular weight is 338 g/mol. The summed E-state index contributed by atoms with van der Waals surface area (Å²) in [4.78, 5) is 28.0. The van der Waals surface area contributed by atoms with E-state index in [0.29, 0.717) is 19.0 Å². The highest BCUT2D eigenvalue weighted by Gasteiger charge is 2.28. The monoisotopic (exact) mass is 338 g/mol. The predicted octanol–water partition coefficient (Wildman–Crippen LogP) is 3.47. The second-order valence-corrected chi connectivity index (χ2v) is 7.91. The molecule has 0 aliphatic carbocycles. The van der Waals surface area contributed by atoms with Crippen LogP contribution in [0.3, 0.4) is 0 Å². The summed E-state index contributed by atoms with van der Waals surface area (Å²) in [7, 11) is 1.83. The van der Waals surface area contributed by atoms with Crippen molar-refractivity contribution in [3.63, 3.8) is 0 Å². The second-order valence-electron chi connectivity index (χ2n) is 7.13.